The van der Waals surface area contributed by atoms with Gasteiger partial charge in [0.2, 0.25) is 0 Å². The Hall–Kier alpha value is -0.770. The first-order valence-electron chi connectivity index (χ1n) is 4.93. The fraction of sp³-hybridized carbons (Fsp3) is 0.455. The topological polar surface area (TPSA) is 44.5 Å². The Balaban J connectivity index is 2.33. The highest BCUT2D eigenvalue weighted by molar-refractivity contribution is 6.31. The molecule has 0 fully saturated rings. The molecule has 0 saturated heterocycles. The van der Waals surface area contributed by atoms with Gasteiger partial charge in [0.15, 0.2) is 0 Å². The van der Waals surface area contributed by atoms with Gasteiger partial charge in [0, 0.05) is 17.3 Å². The van der Waals surface area contributed by atoms with Crippen LogP contribution >= 0.6 is 11.6 Å². The Bertz CT molecular complexity index is 305. The molecule has 15 heavy (non-hydrogen) atoms. The zero-order chi connectivity index (χ0) is 11.1. The van der Waals surface area contributed by atoms with Crippen molar-refractivity contribution in [1.29, 1.82) is 0 Å². The maximum atomic E-state index is 5.97. The van der Waals surface area contributed by atoms with E-state index in [1.807, 2.05) is 13.0 Å². The molecule has 0 bridgehead atoms. The molecule has 3 nitrogen and oxygen atoms in total. The smallest absolute Gasteiger partial charge is 0.0733 e. The summed E-state index contributed by atoms with van der Waals surface area (Å²) in [7, 11) is 0. The Kier molecular flexibility index (Phi) is 5.47. The van der Waals surface area contributed by atoms with Gasteiger partial charge in [0.1, 0.15) is 0 Å². The molecule has 0 saturated carbocycles. The fourth-order valence-corrected chi connectivity index (χ4v) is 1.32. The normalized spacial score (nSPS) is 10.5. The third-order valence-corrected chi connectivity index (χ3v) is 2.27. The van der Waals surface area contributed by atoms with Crippen LogP contribution in [0.25, 0.3) is 0 Å². The number of hydrogen-bond acceptors (Lipinski definition) is 3. The maximum absolute atomic E-state index is 5.97. The van der Waals surface area contributed by atoms with Crippen molar-refractivity contribution >= 4 is 17.3 Å². The van der Waals surface area contributed by atoms with Crippen molar-refractivity contribution in [2.45, 2.75) is 13.5 Å². The molecule has 1 aromatic carbocycles. The molecule has 0 amide bonds. The van der Waals surface area contributed by atoms with E-state index in [1.165, 1.54) is 0 Å². The highest BCUT2D eigenvalue weighted by Crippen LogP contribution is 2.19. The first kappa shape index (κ1) is 12.3. The lowest BCUT2D eigenvalue weighted by molar-refractivity contribution is 0.0453. The molecular weight excluding hydrogens is 214 g/mol. The van der Waals surface area contributed by atoms with E-state index in [4.69, 9.17) is 26.8 Å². The van der Waals surface area contributed by atoms with Crippen molar-refractivity contribution in [3.63, 3.8) is 0 Å². The first-order valence-corrected chi connectivity index (χ1v) is 5.31. The molecule has 1 rings (SSSR count). The van der Waals surface area contributed by atoms with Crippen molar-refractivity contribution in [3.8, 4) is 0 Å². The van der Waals surface area contributed by atoms with Gasteiger partial charge in [-0.3, -0.25) is 0 Å². The van der Waals surface area contributed by atoms with E-state index in [2.05, 4.69) is 0 Å². The van der Waals surface area contributed by atoms with Crippen LogP contribution in [0.1, 0.15) is 12.5 Å². The van der Waals surface area contributed by atoms with E-state index in [9.17, 15) is 0 Å². The van der Waals surface area contributed by atoms with Crippen LogP contribution in [0.2, 0.25) is 5.02 Å². The van der Waals surface area contributed by atoms with Gasteiger partial charge < -0.3 is 15.2 Å². The van der Waals surface area contributed by atoms with Gasteiger partial charge in [-0.15, -0.1) is 0 Å². The number of hydrogen-bond donors (Lipinski definition) is 1. The van der Waals surface area contributed by atoms with Crippen LogP contribution in [0.3, 0.4) is 0 Å². The minimum Gasteiger partial charge on any atom is -0.399 e. The molecule has 84 valence electrons. The lowest BCUT2D eigenvalue weighted by Gasteiger charge is -2.07. The van der Waals surface area contributed by atoms with Gasteiger partial charge in [0.05, 0.1) is 19.8 Å². The number of rotatable bonds is 6. The number of anilines is 1. The highest BCUT2D eigenvalue weighted by atomic mass is 35.5. The van der Waals surface area contributed by atoms with Gasteiger partial charge in [-0.2, -0.15) is 0 Å². The number of halogens is 1. The predicted octanol–water partition coefficient (Wildman–Crippen LogP) is 2.48. The number of ether oxygens (including phenoxy) is 2. The van der Waals surface area contributed by atoms with Crippen molar-refractivity contribution in [3.05, 3.63) is 28.8 Å². The molecule has 0 aliphatic rings. The van der Waals surface area contributed by atoms with Gasteiger partial charge in [0.25, 0.3) is 0 Å². The Morgan fingerprint density at radius 2 is 2.00 bits per heavy atom. The number of benzene rings is 1. The lowest BCUT2D eigenvalue weighted by Crippen LogP contribution is -2.04. The summed E-state index contributed by atoms with van der Waals surface area (Å²) >= 11 is 5.97. The second kappa shape index (κ2) is 6.67. The Morgan fingerprint density at radius 1 is 1.27 bits per heavy atom. The molecule has 0 spiro atoms. The monoisotopic (exact) mass is 229 g/mol. The highest BCUT2D eigenvalue weighted by Gasteiger charge is 2.00. The summed E-state index contributed by atoms with van der Waals surface area (Å²) in [5, 5.41) is 0.681. The summed E-state index contributed by atoms with van der Waals surface area (Å²) < 4.78 is 10.5. The summed E-state index contributed by atoms with van der Waals surface area (Å²) in [6.07, 6.45) is 0. The Morgan fingerprint density at radius 3 is 2.73 bits per heavy atom. The summed E-state index contributed by atoms with van der Waals surface area (Å²) in [4.78, 5) is 0. The van der Waals surface area contributed by atoms with Crippen molar-refractivity contribution in [2.24, 2.45) is 0 Å². The van der Waals surface area contributed by atoms with E-state index >= 15 is 0 Å². The average Bonchev–Trinajstić information content (AvgIpc) is 2.23. The lowest BCUT2D eigenvalue weighted by atomic mass is 10.2. The van der Waals surface area contributed by atoms with Crippen LogP contribution in [0, 0.1) is 0 Å². The van der Waals surface area contributed by atoms with Crippen molar-refractivity contribution in [2.75, 3.05) is 25.6 Å². The van der Waals surface area contributed by atoms with Crippen LogP contribution in [0.4, 0.5) is 5.69 Å². The van der Waals surface area contributed by atoms with Gasteiger partial charge in [-0.05, 0) is 30.7 Å². The van der Waals surface area contributed by atoms with Gasteiger partial charge in [-0.25, -0.2) is 0 Å². The summed E-state index contributed by atoms with van der Waals surface area (Å²) in [5.41, 5.74) is 7.25. The molecule has 0 atom stereocenters. The molecule has 0 aliphatic heterocycles. The standard InChI is InChI=1S/C11H16ClNO2/c1-2-14-5-6-15-8-9-7-10(13)3-4-11(9)12/h3-4,7H,2,5-6,8,13H2,1H3. The summed E-state index contributed by atoms with van der Waals surface area (Å²) in [5.74, 6) is 0. The second-order valence-electron chi connectivity index (χ2n) is 3.10. The Labute approximate surface area is 95.1 Å². The molecule has 2 N–H and O–H groups in total. The average molecular weight is 230 g/mol. The van der Waals surface area contributed by atoms with E-state index in [-0.39, 0.29) is 0 Å². The van der Waals surface area contributed by atoms with Crippen LogP contribution in [0.5, 0.6) is 0 Å². The van der Waals surface area contributed by atoms with E-state index in [1.54, 1.807) is 12.1 Å². The third kappa shape index (κ3) is 4.51. The third-order valence-electron chi connectivity index (χ3n) is 1.90. The predicted molar refractivity (Wildman–Crippen MR) is 62.0 cm³/mol. The minimum atomic E-state index is 0.469. The molecular formula is C11H16ClNO2. The molecule has 0 aliphatic carbocycles. The van der Waals surface area contributed by atoms with E-state index < -0.39 is 0 Å². The second-order valence-corrected chi connectivity index (χ2v) is 3.51. The largest absolute Gasteiger partial charge is 0.399 e. The molecule has 0 aromatic heterocycles. The van der Waals surface area contributed by atoms with Crippen LogP contribution < -0.4 is 5.73 Å². The van der Waals surface area contributed by atoms with Crippen molar-refractivity contribution in [1.82, 2.24) is 0 Å². The van der Waals surface area contributed by atoms with Crippen LogP contribution in [-0.4, -0.2) is 19.8 Å². The molecule has 0 unspecified atom stereocenters. The van der Waals surface area contributed by atoms with Crippen LogP contribution in [0.15, 0.2) is 18.2 Å². The molecule has 0 radical (unpaired) electrons. The molecule has 0 heterocycles. The molecule has 4 heteroatoms. The zero-order valence-corrected chi connectivity index (χ0v) is 9.59. The molecule has 1 aromatic rings. The van der Waals surface area contributed by atoms with Crippen molar-refractivity contribution < 1.29 is 9.47 Å². The van der Waals surface area contributed by atoms with Gasteiger partial charge >= 0.3 is 0 Å². The summed E-state index contributed by atoms with van der Waals surface area (Å²) in [6, 6.07) is 5.37. The quantitative estimate of drug-likeness (QED) is 0.602. The number of nitrogen functional groups attached to an aromatic ring is 1. The van der Waals surface area contributed by atoms with E-state index in [0.717, 1.165) is 5.56 Å². The minimum absolute atomic E-state index is 0.469. The maximum Gasteiger partial charge on any atom is 0.0733 e. The number of nitrogens with two attached hydrogens (primary N) is 1. The first-order chi connectivity index (χ1) is 7.24. The zero-order valence-electron chi connectivity index (χ0n) is 8.83. The van der Waals surface area contributed by atoms with E-state index in [0.29, 0.717) is 37.1 Å². The SMILES string of the molecule is CCOCCOCc1cc(N)ccc1Cl. The fourth-order valence-electron chi connectivity index (χ4n) is 1.15. The summed E-state index contributed by atoms with van der Waals surface area (Å²) in [6.45, 7) is 4.31. The van der Waals surface area contributed by atoms with Gasteiger partial charge in [-0.1, -0.05) is 11.6 Å². The van der Waals surface area contributed by atoms with Crippen LogP contribution in [-0.2, 0) is 16.1 Å².